The number of carbonyl (C=O) groups excluding carboxylic acids is 2. The van der Waals surface area contributed by atoms with Crippen molar-refractivity contribution in [1.82, 2.24) is 0 Å². The number of benzene rings is 1. The summed E-state index contributed by atoms with van der Waals surface area (Å²) in [6, 6.07) is 9.85. The van der Waals surface area contributed by atoms with E-state index in [2.05, 4.69) is 19.9 Å². The number of ketones is 1. The second-order valence-corrected chi connectivity index (χ2v) is 11.8. The molecule has 0 unspecified atom stereocenters. The van der Waals surface area contributed by atoms with Gasteiger partial charge in [-0.15, -0.1) is 0 Å². The van der Waals surface area contributed by atoms with Gasteiger partial charge in [0, 0.05) is 6.42 Å². The highest BCUT2D eigenvalue weighted by atomic mass is 16.5. The van der Waals surface area contributed by atoms with E-state index in [0.29, 0.717) is 48.4 Å². The molecule has 0 radical (unpaired) electrons. The summed E-state index contributed by atoms with van der Waals surface area (Å²) in [6.45, 7) is 5.42. The van der Waals surface area contributed by atoms with Crippen molar-refractivity contribution in [2.24, 2.45) is 46.3 Å². The van der Waals surface area contributed by atoms with Gasteiger partial charge < -0.3 is 9.47 Å². The molecule has 0 spiro atoms. The molecule has 0 aliphatic heterocycles. The lowest BCUT2D eigenvalue weighted by molar-refractivity contribution is -0.152. The molecule has 1 aromatic rings. The molecule has 4 nitrogen and oxygen atoms in total. The Hall–Kier alpha value is -2.10. The van der Waals surface area contributed by atoms with Crippen LogP contribution in [0.2, 0.25) is 0 Å². The Bertz CT molecular complexity index is 938. The average Bonchev–Trinajstić information content (AvgIpc) is 3.19. The van der Waals surface area contributed by atoms with Crippen LogP contribution in [0.4, 0.5) is 0 Å². The third-order valence-electron chi connectivity index (χ3n) is 10.5. The molecule has 0 saturated heterocycles. The first kappa shape index (κ1) is 23.6. The molecule has 184 valence electrons. The molecule has 4 heteroatoms. The van der Waals surface area contributed by atoms with E-state index < -0.39 is 0 Å². The van der Waals surface area contributed by atoms with Gasteiger partial charge >= 0.3 is 5.97 Å². The summed E-state index contributed by atoms with van der Waals surface area (Å²) in [7, 11) is 1.53. The van der Waals surface area contributed by atoms with Crippen LogP contribution in [0.3, 0.4) is 0 Å². The number of ether oxygens (including phenoxy) is 2. The van der Waals surface area contributed by atoms with E-state index in [4.69, 9.17) is 9.47 Å². The molecule has 3 saturated carbocycles. The molecule has 8 atom stereocenters. The summed E-state index contributed by atoms with van der Waals surface area (Å²) >= 11 is 0. The summed E-state index contributed by atoms with van der Waals surface area (Å²) in [5.74, 6) is 3.83. The third-order valence-corrected chi connectivity index (χ3v) is 10.5. The molecule has 1 aromatic carbocycles. The van der Waals surface area contributed by atoms with Crippen LogP contribution in [0, 0.1) is 46.3 Å². The van der Waals surface area contributed by atoms with Crippen molar-refractivity contribution in [2.45, 2.75) is 65.2 Å². The van der Waals surface area contributed by atoms with Crippen LogP contribution in [0.25, 0.3) is 0 Å². The van der Waals surface area contributed by atoms with Gasteiger partial charge in [-0.3, -0.25) is 9.59 Å². The second kappa shape index (κ2) is 9.17. The lowest BCUT2D eigenvalue weighted by Gasteiger charge is -2.59. The van der Waals surface area contributed by atoms with Crippen molar-refractivity contribution in [3.8, 4) is 5.75 Å². The van der Waals surface area contributed by atoms with Gasteiger partial charge in [-0.25, -0.2) is 0 Å². The highest BCUT2D eigenvalue weighted by Gasteiger charge is 2.61. The molecule has 0 aromatic heterocycles. The average molecular weight is 465 g/mol. The third kappa shape index (κ3) is 3.91. The van der Waals surface area contributed by atoms with E-state index in [1.165, 1.54) is 32.8 Å². The van der Waals surface area contributed by atoms with Crippen molar-refractivity contribution in [3.05, 3.63) is 42.5 Å². The number of carbonyl (C=O) groups is 2. The number of fused-ring (bicyclic) bond motifs is 5. The first-order valence-corrected chi connectivity index (χ1v) is 13.3. The fourth-order valence-electron chi connectivity index (χ4n) is 8.79. The SMILES string of the molecule is COC(=O)[C@H](CCOc1ccccc1)[C@H]1CC[C@H]2[C@@H]3CC[C@H]4CC(=O)C=C[C@]4(C)[C@H]3CC[C@]12C. The molecular weight excluding hydrogens is 424 g/mol. The fraction of sp³-hybridized carbons (Fsp3) is 0.667. The number of para-hydroxylation sites is 1. The lowest BCUT2D eigenvalue weighted by Crippen LogP contribution is -2.53. The Morgan fingerprint density at radius 3 is 2.62 bits per heavy atom. The highest BCUT2D eigenvalue weighted by molar-refractivity contribution is 5.91. The van der Waals surface area contributed by atoms with E-state index in [1.54, 1.807) is 0 Å². The van der Waals surface area contributed by atoms with Crippen molar-refractivity contribution >= 4 is 11.8 Å². The number of rotatable bonds is 6. The van der Waals surface area contributed by atoms with Crippen LogP contribution in [-0.2, 0) is 14.3 Å². The van der Waals surface area contributed by atoms with Crippen LogP contribution in [0.15, 0.2) is 42.5 Å². The van der Waals surface area contributed by atoms with Crippen molar-refractivity contribution < 1.29 is 19.1 Å². The van der Waals surface area contributed by atoms with Gasteiger partial charge in [0.1, 0.15) is 5.75 Å². The maximum absolute atomic E-state index is 13.0. The van der Waals surface area contributed by atoms with E-state index in [9.17, 15) is 9.59 Å². The first-order chi connectivity index (χ1) is 16.4. The van der Waals surface area contributed by atoms with Gasteiger partial charge in [0.15, 0.2) is 5.78 Å². The van der Waals surface area contributed by atoms with Crippen molar-refractivity contribution in [1.29, 1.82) is 0 Å². The molecule has 0 N–H and O–H groups in total. The highest BCUT2D eigenvalue weighted by Crippen LogP contribution is 2.67. The maximum Gasteiger partial charge on any atom is 0.309 e. The summed E-state index contributed by atoms with van der Waals surface area (Å²) in [6.07, 6.45) is 12.6. The van der Waals surface area contributed by atoms with Gasteiger partial charge in [-0.2, -0.15) is 0 Å². The van der Waals surface area contributed by atoms with Crippen LogP contribution in [0.5, 0.6) is 5.75 Å². The topological polar surface area (TPSA) is 52.6 Å². The molecule has 5 rings (SSSR count). The van der Waals surface area contributed by atoms with Crippen LogP contribution < -0.4 is 4.74 Å². The monoisotopic (exact) mass is 464 g/mol. The minimum atomic E-state index is -0.112. The largest absolute Gasteiger partial charge is 0.494 e. The molecule has 0 bridgehead atoms. The fourth-order valence-corrected chi connectivity index (χ4v) is 8.79. The van der Waals surface area contributed by atoms with E-state index in [1.807, 2.05) is 36.4 Å². The minimum absolute atomic E-state index is 0.0740. The number of esters is 1. The van der Waals surface area contributed by atoms with Gasteiger partial charge in [-0.05, 0) is 104 Å². The smallest absolute Gasteiger partial charge is 0.309 e. The Morgan fingerprint density at radius 2 is 1.85 bits per heavy atom. The normalized spacial score (nSPS) is 39.5. The second-order valence-electron chi connectivity index (χ2n) is 11.8. The maximum atomic E-state index is 13.0. The number of allylic oxidation sites excluding steroid dienone is 2. The molecular formula is C30H40O4. The number of hydrogen-bond donors (Lipinski definition) is 0. The molecule has 4 aliphatic rings. The zero-order valence-electron chi connectivity index (χ0n) is 21.0. The quantitative estimate of drug-likeness (QED) is 0.467. The van der Waals surface area contributed by atoms with E-state index in [0.717, 1.165) is 25.0 Å². The van der Waals surface area contributed by atoms with Gasteiger partial charge in [0.2, 0.25) is 0 Å². The molecule has 3 fully saturated rings. The van der Waals surface area contributed by atoms with E-state index >= 15 is 0 Å². The van der Waals surface area contributed by atoms with Crippen LogP contribution >= 0.6 is 0 Å². The van der Waals surface area contributed by atoms with E-state index in [-0.39, 0.29) is 22.7 Å². The summed E-state index contributed by atoms with van der Waals surface area (Å²) in [5.41, 5.74) is 0.325. The number of hydrogen-bond acceptors (Lipinski definition) is 4. The summed E-state index contributed by atoms with van der Waals surface area (Å²) in [5, 5.41) is 0. The van der Waals surface area contributed by atoms with Crippen molar-refractivity contribution in [3.63, 3.8) is 0 Å². The Morgan fingerprint density at radius 1 is 1.06 bits per heavy atom. The van der Waals surface area contributed by atoms with Gasteiger partial charge in [0.25, 0.3) is 0 Å². The molecule has 0 heterocycles. The van der Waals surface area contributed by atoms with Crippen molar-refractivity contribution in [2.75, 3.05) is 13.7 Å². The zero-order chi connectivity index (χ0) is 23.9. The van der Waals surface area contributed by atoms with Crippen LogP contribution in [0.1, 0.15) is 65.2 Å². The Balaban J connectivity index is 1.33. The molecule has 34 heavy (non-hydrogen) atoms. The van der Waals surface area contributed by atoms with Gasteiger partial charge in [0.05, 0.1) is 19.6 Å². The predicted octanol–water partition coefficient (Wildman–Crippen LogP) is 6.25. The summed E-state index contributed by atoms with van der Waals surface area (Å²) in [4.78, 5) is 25.1. The molecule has 0 amide bonds. The van der Waals surface area contributed by atoms with Gasteiger partial charge in [-0.1, -0.05) is 38.1 Å². The Labute approximate surface area is 204 Å². The first-order valence-electron chi connectivity index (χ1n) is 13.3. The lowest BCUT2D eigenvalue weighted by atomic mass is 9.45. The predicted molar refractivity (Wildman–Crippen MR) is 132 cm³/mol. The number of methoxy groups -OCH3 is 1. The van der Waals surface area contributed by atoms with Crippen LogP contribution in [-0.4, -0.2) is 25.5 Å². The molecule has 4 aliphatic carbocycles. The minimum Gasteiger partial charge on any atom is -0.494 e. The standard InChI is InChI=1S/C30H40O4/c1-29-16-13-21(31)19-20(29)9-10-23-25-11-12-26(30(25,2)17-14-27(23)29)24(28(32)33-3)15-18-34-22-7-5-4-6-8-22/h4-8,13,16,20,23-27H,9-12,14-15,17-19H2,1-3H3/t20-,23-,24+,25-,26+,27-,29-,30-/m0/s1. The summed E-state index contributed by atoms with van der Waals surface area (Å²) < 4.78 is 11.3. The Kier molecular flexibility index (Phi) is 6.37. The zero-order valence-corrected chi connectivity index (χ0v) is 21.0.